The van der Waals surface area contributed by atoms with Crippen molar-refractivity contribution in [3.63, 3.8) is 0 Å². The van der Waals surface area contributed by atoms with Crippen molar-refractivity contribution in [2.75, 3.05) is 10.6 Å². The van der Waals surface area contributed by atoms with Crippen LogP contribution >= 0.6 is 0 Å². The van der Waals surface area contributed by atoms with E-state index in [4.69, 9.17) is 4.74 Å². The minimum atomic E-state index is -0.676. The second kappa shape index (κ2) is 10.5. The molecule has 7 nitrogen and oxygen atoms in total. The van der Waals surface area contributed by atoms with E-state index in [1.165, 1.54) is 44.7 Å². The number of rotatable bonds is 8. The van der Waals surface area contributed by atoms with Crippen molar-refractivity contribution in [3.8, 4) is 0 Å². The summed E-state index contributed by atoms with van der Waals surface area (Å²) in [7, 11) is 0. The van der Waals surface area contributed by atoms with E-state index in [-0.39, 0.29) is 29.9 Å². The topological polar surface area (TPSA) is 97.4 Å². The molecular weight excluding hydrogens is 478 g/mol. The van der Waals surface area contributed by atoms with Crippen LogP contribution in [0.4, 0.5) is 16.2 Å². The van der Waals surface area contributed by atoms with Gasteiger partial charge in [-0.15, -0.1) is 0 Å². The van der Waals surface area contributed by atoms with Crippen LogP contribution in [-0.4, -0.2) is 28.4 Å². The van der Waals surface area contributed by atoms with Crippen molar-refractivity contribution in [2.45, 2.75) is 84.2 Å². The lowest BCUT2D eigenvalue weighted by atomic mass is 9.48. The molecule has 2 N–H and O–H groups in total. The van der Waals surface area contributed by atoms with E-state index in [0.717, 1.165) is 23.3 Å². The first-order chi connectivity index (χ1) is 18.0. The zero-order chi connectivity index (χ0) is 26.9. The van der Waals surface area contributed by atoms with Gasteiger partial charge in [-0.05, 0) is 94.1 Å². The molecule has 1 heterocycles. The van der Waals surface area contributed by atoms with Gasteiger partial charge in [-0.25, -0.2) is 4.79 Å². The van der Waals surface area contributed by atoms with E-state index in [2.05, 4.69) is 15.6 Å². The summed E-state index contributed by atoms with van der Waals surface area (Å²) in [5.41, 5.74) is 1.69. The molecule has 0 unspecified atom stereocenters. The summed E-state index contributed by atoms with van der Waals surface area (Å²) >= 11 is 0. The predicted molar refractivity (Wildman–Crippen MR) is 147 cm³/mol. The number of hydrogen-bond donors (Lipinski definition) is 2. The maximum atomic E-state index is 13.3. The number of nitrogens with zero attached hydrogens (tertiary/aromatic N) is 1. The number of nitrogens with one attached hydrogen (secondary N) is 2. The van der Waals surface area contributed by atoms with Crippen molar-refractivity contribution in [3.05, 3.63) is 53.9 Å². The quantitative estimate of drug-likeness (QED) is 0.427. The average molecular weight is 518 g/mol. The molecule has 4 aliphatic rings. The normalized spacial score (nSPS) is 25.6. The molecule has 1 aromatic heterocycles. The number of benzene rings is 1. The van der Waals surface area contributed by atoms with Gasteiger partial charge in [0.2, 0.25) is 5.91 Å². The lowest BCUT2D eigenvalue weighted by molar-refractivity contribution is -0.126. The van der Waals surface area contributed by atoms with Gasteiger partial charge in [0, 0.05) is 18.5 Å². The Morgan fingerprint density at radius 3 is 2.16 bits per heavy atom. The molecule has 0 spiro atoms. The molecule has 4 aliphatic carbocycles. The standard InChI is InChI=1S/C31H39N3O4/c1-30(2,3)38-29(37)34-26-14-24(32-19-27(26)33-28(36)12-20-7-5-4-6-8-20)13-25(35)18-31-15-21-9-22(16-31)11-23(10-21)17-31/h4-8,14,19,21-23H,9-13,15-18H2,1-3H3,(H,33,36)(H,32,34,37). The molecule has 4 saturated carbocycles. The highest BCUT2D eigenvalue weighted by molar-refractivity contribution is 5.98. The number of anilines is 2. The number of amides is 2. The molecule has 0 aliphatic heterocycles. The molecule has 0 atom stereocenters. The third kappa shape index (κ3) is 6.61. The number of carbonyl (C=O) groups excluding carboxylic acids is 3. The van der Waals surface area contributed by atoms with E-state index < -0.39 is 11.7 Å². The fourth-order valence-corrected chi connectivity index (χ4v) is 7.38. The Bertz CT molecular complexity index is 1170. The van der Waals surface area contributed by atoms with Crippen LogP contribution in [0.1, 0.15) is 77.0 Å². The van der Waals surface area contributed by atoms with Gasteiger partial charge in [-0.2, -0.15) is 0 Å². The molecule has 0 saturated heterocycles. The monoisotopic (exact) mass is 517 g/mol. The van der Waals surface area contributed by atoms with Gasteiger partial charge in [0.05, 0.1) is 24.0 Å². The van der Waals surface area contributed by atoms with Gasteiger partial charge >= 0.3 is 6.09 Å². The summed E-state index contributed by atoms with van der Waals surface area (Å²) < 4.78 is 5.43. The first-order valence-corrected chi connectivity index (χ1v) is 13.9. The van der Waals surface area contributed by atoms with E-state index in [9.17, 15) is 14.4 Å². The van der Waals surface area contributed by atoms with Crippen molar-refractivity contribution in [2.24, 2.45) is 23.2 Å². The minimum Gasteiger partial charge on any atom is -0.444 e. The highest BCUT2D eigenvalue weighted by atomic mass is 16.6. The van der Waals surface area contributed by atoms with Gasteiger partial charge in [0.25, 0.3) is 0 Å². The van der Waals surface area contributed by atoms with Gasteiger partial charge in [-0.3, -0.25) is 19.9 Å². The molecule has 1 aromatic carbocycles. The zero-order valence-corrected chi connectivity index (χ0v) is 22.7. The molecule has 4 fully saturated rings. The smallest absolute Gasteiger partial charge is 0.412 e. The second-order valence-corrected chi connectivity index (χ2v) is 12.9. The number of ether oxygens (including phenoxy) is 1. The van der Waals surface area contributed by atoms with Crippen molar-refractivity contribution in [1.29, 1.82) is 0 Å². The predicted octanol–water partition coefficient (Wildman–Crippen LogP) is 6.33. The molecule has 6 rings (SSSR count). The summed E-state index contributed by atoms with van der Waals surface area (Å²) in [6.45, 7) is 5.36. The van der Waals surface area contributed by atoms with Crippen LogP contribution in [0.25, 0.3) is 0 Å². The Morgan fingerprint density at radius 2 is 1.55 bits per heavy atom. The minimum absolute atomic E-state index is 0.175. The van der Waals surface area contributed by atoms with E-state index in [1.54, 1.807) is 26.8 Å². The first-order valence-electron chi connectivity index (χ1n) is 13.9. The highest BCUT2D eigenvalue weighted by Crippen LogP contribution is 2.61. The fourth-order valence-electron chi connectivity index (χ4n) is 7.38. The SMILES string of the molecule is CC(C)(C)OC(=O)Nc1cc(CC(=O)CC23CC4CC(CC(C4)C2)C3)ncc1NC(=O)Cc1ccccc1. The van der Waals surface area contributed by atoms with Crippen LogP contribution in [0.5, 0.6) is 0 Å². The lowest BCUT2D eigenvalue weighted by Gasteiger charge is -2.56. The fraction of sp³-hybridized carbons (Fsp3) is 0.548. The molecule has 2 aromatic rings. The lowest BCUT2D eigenvalue weighted by Crippen LogP contribution is -2.47. The molecule has 38 heavy (non-hydrogen) atoms. The van der Waals surface area contributed by atoms with Crippen molar-refractivity contribution >= 4 is 29.2 Å². The number of pyridine rings is 1. The van der Waals surface area contributed by atoms with Gasteiger partial charge in [0.15, 0.2) is 0 Å². The molecule has 2 amide bonds. The maximum Gasteiger partial charge on any atom is 0.412 e. The molecule has 0 radical (unpaired) electrons. The van der Waals surface area contributed by atoms with E-state index >= 15 is 0 Å². The third-order valence-electron chi connectivity index (χ3n) is 8.19. The molecule has 202 valence electrons. The zero-order valence-electron chi connectivity index (χ0n) is 22.7. The van der Waals surface area contributed by atoms with Crippen LogP contribution in [0.15, 0.2) is 42.6 Å². The van der Waals surface area contributed by atoms with Crippen LogP contribution < -0.4 is 10.6 Å². The van der Waals surface area contributed by atoms with E-state index in [0.29, 0.717) is 23.5 Å². The second-order valence-electron chi connectivity index (χ2n) is 12.9. The number of aromatic nitrogens is 1. The van der Waals surface area contributed by atoms with Crippen LogP contribution in [0, 0.1) is 23.2 Å². The third-order valence-corrected chi connectivity index (χ3v) is 8.19. The Hall–Kier alpha value is -3.22. The van der Waals surface area contributed by atoms with Crippen LogP contribution in [0.2, 0.25) is 0 Å². The van der Waals surface area contributed by atoms with Crippen LogP contribution in [0.3, 0.4) is 0 Å². The molecular formula is C31H39N3O4. The largest absolute Gasteiger partial charge is 0.444 e. The number of Topliss-reactive ketones (excluding diaryl/α,β-unsaturated/α-hetero) is 1. The van der Waals surface area contributed by atoms with Crippen molar-refractivity contribution < 1.29 is 19.1 Å². The Morgan fingerprint density at radius 1 is 0.921 bits per heavy atom. The number of ketones is 1. The van der Waals surface area contributed by atoms with Gasteiger partial charge < -0.3 is 10.1 Å². The van der Waals surface area contributed by atoms with Gasteiger partial charge in [0.1, 0.15) is 11.4 Å². The number of hydrogen-bond acceptors (Lipinski definition) is 5. The Balaban J connectivity index is 1.29. The first kappa shape index (κ1) is 26.4. The summed E-state index contributed by atoms with van der Waals surface area (Å²) in [5.74, 6) is 2.38. The van der Waals surface area contributed by atoms with Gasteiger partial charge in [-0.1, -0.05) is 30.3 Å². The Kier molecular flexibility index (Phi) is 7.30. The molecule has 4 bridgehead atoms. The highest BCUT2D eigenvalue weighted by Gasteiger charge is 2.51. The number of carbonyl (C=O) groups is 3. The summed E-state index contributed by atoms with van der Waals surface area (Å²) in [6, 6.07) is 11.1. The summed E-state index contributed by atoms with van der Waals surface area (Å²) in [5, 5.41) is 5.60. The van der Waals surface area contributed by atoms with Crippen molar-refractivity contribution in [1.82, 2.24) is 4.98 Å². The molecule has 7 heteroatoms. The summed E-state index contributed by atoms with van der Waals surface area (Å²) in [6.07, 6.45) is 9.53. The summed E-state index contributed by atoms with van der Waals surface area (Å²) in [4.78, 5) is 43.0. The van der Waals surface area contributed by atoms with Crippen LogP contribution in [-0.2, 0) is 27.2 Å². The average Bonchev–Trinajstić information content (AvgIpc) is 2.79. The maximum absolute atomic E-state index is 13.3. The Labute approximate surface area is 225 Å². The van der Waals surface area contributed by atoms with E-state index in [1.807, 2.05) is 30.3 Å².